The average molecular weight is 689 g/mol. The summed E-state index contributed by atoms with van der Waals surface area (Å²) in [6.07, 6.45) is 3.96. The second-order valence-electron chi connectivity index (χ2n) is 13.0. The third-order valence-electron chi connectivity index (χ3n) is 8.98. The summed E-state index contributed by atoms with van der Waals surface area (Å²) in [6, 6.07) is 8.18. The van der Waals surface area contributed by atoms with Crippen molar-refractivity contribution in [3.63, 3.8) is 0 Å². The van der Waals surface area contributed by atoms with Crippen molar-refractivity contribution in [2.24, 2.45) is 11.8 Å². The van der Waals surface area contributed by atoms with Gasteiger partial charge in [-0.15, -0.1) is 13.2 Å². The second kappa shape index (κ2) is 14.6. The minimum atomic E-state index is -1.23. The number of nitrogens with zero attached hydrogens (tertiary/aromatic N) is 2. The first kappa shape index (κ1) is 34.8. The van der Waals surface area contributed by atoms with Crippen LogP contribution in [0, 0.1) is 11.8 Å². The van der Waals surface area contributed by atoms with E-state index in [0.29, 0.717) is 31.2 Å². The summed E-state index contributed by atoms with van der Waals surface area (Å²) in [4.78, 5) is 58.3. The molecule has 0 saturated carbocycles. The number of amides is 3. The molecule has 0 radical (unpaired) electrons. The first-order valence-electron chi connectivity index (χ1n) is 15.7. The van der Waals surface area contributed by atoms with E-state index in [1.807, 2.05) is 51.1 Å². The Balaban J connectivity index is 1.67. The number of ether oxygens (including phenoxy) is 2. The van der Waals surface area contributed by atoms with Crippen LogP contribution < -0.4 is 5.32 Å². The van der Waals surface area contributed by atoms with Gasteiger partial charge in [0.25, 0.3) is 0 Å². The Bertz CT molecular complexity index is 1270. The Kier molecular flexibility index (Phi) is 11.3. The quantitative estimate of drug-likeness (QED) is 0.125. The molecule has 2 N–H and O–H groups in total. The molecule has 3 aliphatic heterocycles. The summed E-state index contributed by atoms with van der Waals surface area (Å²) in [6.45, 7) is 13.8. The lowest BCUT2D eigenvalue weighted by atomic mass is 9.70. The molecule has 1 spiro atoms. The number of alkyl halides is 1. The molecule has 3 heterocycles. The first-order chi connectivity index (χ1) is 21.4. The lowest BCUT2D eigenvalue weighted by molar-refractivity contribution is -0.160. The summed E-state index contributed by atoms with van der Waals surface area (Å²) < 4.78 is 12.7. The number of unbranched alkanes of at least 4 members (excludes halogenated alkanes) is 1. The summed E-state index contributed by atoms with van der Waals surface area (Å²) in [5.74, 6) is -3.27. The van der Waals surface area contributed by atoms with Gasteiger partial charge in [-0.05, 0) is 52.0 Å². The van der Waals surface area contributed by atoms with E-state index >= 15 is 0 Å². The van der Waals surface area contributed by atoms with E-state index in [1.54, 1.807) is 22.0 Å². The second-order valence-corrected chi connectivity index (χ2v) is 14.2. The number of carbonyl (C=O) groups is 4. The van der Waals surface area contributed by atoms with Crippen molar-refractivity contribution in [3.05, 3.63) is 61.2 Å². The van der Waals surface area contributed by atoms with Crippen molar-refractivity contribution >= 4 is 39.6 Å². The SMILES string of the molecule is C=CCCC(=O)NC[C@@H](OC(=O)[C@H]1[C@@H]2O[C@@]3(CC2Br)[C@@H]1C(=O)N(CCCCO)[C@@H]3C(=O)N(CC=C)C(C)(C)C)c1ccccc1. The monoisotopic (exact) mass is 687 g/mol. The molecule has 3 saturated heterocycles. The molecule has 1 aromatic carbocycles. The number of carbonyl (C=O) groups excluding carboxylic acids is 4. The highest BCUT2D eigenvalue weighted by Crippen LogP contribution is 2.60. The lowest BCUT2D eigenvalue weighted by Crippen LogP contribution is -2.60. The van der Waals surface area contributed by atoms with Crippen LogP contribution in [0.4, 0.5) is 0 Å². The van der Waals surface area contributed by atoms with Crippen LogP contribution in [0.15, 0.2) is 55.6 Å². The molecule has 0 aromatic heterocycles. The van der Waals surface area contributed by atoms with Crippen LogP contribution in [-0.2, 0) is 28.7 Å². The fourth-order valence-electron chi connectivity index (χ4n) is 6.93. The van der Waals surface area contributed by atoms with Crippen LogP contribution in [-0.4, -0.2) is 93.0 Å². The molecular weight excluding hydrogens is 642 g/mol. The topological polar surface area (TPSA) is 125 Å². The van der Waals surface area contributed by atoms with E-state index in [-0.39, 0.29) is 55.2 Å². The number of allylic oxidation sites excluding steroid dienone is 1. The Morgan fingerprint density at radius 3 is 2.56 bits per heavy atom. The maximum absolute atomic E-state index is 14.4. The van der Waals surface area contributed by atoms with E-state index in [9.17, 15) is 24.3 Å². The minimum Gasteiger partial charge on any atom is -0.455 e. The number of nitrogens with one attached hydrogen (secondary N) is 1. The Hall–Kier alpha value is -3.02. The third kappa shape index (κ3) is 7.05. The van der Waals surface area contributed by atoms with Crippen LogP contribution in [0.3, 0.4) is 0 Å². The molecule has 2 bridgehead atoms. The van der Waals surface area contributed by atoms with Crippen molar-refractivity contribution in [3.8, 4) is 0 Å². The van der Waals surface area contributed by atoms with Crippen LogP contribution >= 0.6 is 15.9 Å². The highest BCUT2D eigenvalue weighted by molar-refractivity contribution is 9.09. The van der Waals surface area contributed by atoms with Crippen LogP contribution in [0.25, 0.3) is 0 Å². The van der Waals surface area contributed by atoms with Gasteiger partial charge in [0.05, 0.1) is 24.5 Å². The number of likely N-dealkylation sites (tertiary alicyclic amines) is 1. The van der Waals surface area contributed by atoms with E-state index < -0.39 is 47.2 Å². The Morgan fingerprint density at radius 2 is 1.93 bits per heavy atom. The van der Waals surface area contributed by atoms with Gasteiger partial charge in [0, 0.05) is 36.5 Å². The van der Waals surface area contributed by atoms with Gasteiger partial charge in [-0.25, -0.2) is 0 Å². The van der Waals surface area contributed by atoms with Crippen molar-refractivity contribution in [1.29, 1.82) is 0 Å². The molecule has 4 rings (SSSR count). The number of benzene rings is 1. The van der Waals surface area contributed by atoms with Crippen molar-refractivity contribution < 1.29 is 33.8 Å². The minimum absolute atomic E-state index is 0.0399. The fraction of sp³-hybridized carbons (Fsp3) is 0.588. The van der Waals surface area contributed by atoms with E-state index in [4.69, 9.17) is 9.47 Å². The zero-order valence-corrected chi connectivity index (χ0v) is 28.0. The number of rotatable bonds is 15. The zero-order valence-electron chi connectivity index (χ0n) is 26.5. The van der Waals surface area contributed by atoms with Gasteiger partial charge in [-0.1, -0.05) is 58.4 Å². The zero-order chi connectivity index (χ0) is 32.9. The maximum atomic E-state index is 14.4. The largest absolute Gasteiger partial charge is 0.455 e. The molecule has 7 atom stereocenters. The number of halogens is 1. The smallest absolute Gasteiger partial charge is 0.313 e. The molecule has 11 heteroatoms. The average Bonchev–Trinajstić information content (AvgIpc) is 3.59. The number of esters is 1. The normalized spacial score (nSPS) is 27.5. The first-order valence-corrected chi connectivity index (χ1v) is 16.6. The van der Waals surface area contributed by atoms with E-state index in [1.165, 1.54) is 0 Å². The van der Waals surface area contributed by atoms with Crippen molar-refractivity contribution in [1.82, 2.24) is 15.1 Å². The molecule has 1 unspecified atom stereocenters. The van der Waals surface area contributed by atoms with Crippen LogP contribution in [0.5, 0.6) is 0 Å². The highest BCUT2D eigenvalue weighted by atomic mass is 79.9. The predicted molar refractivity (Wildman–Crippen MR) is 173 cm³/mol. The fourth-order valence-corrected chi connectivity index (χ4v) is 7.87. The summed E-state index contributed by atoms with van der Waals surface area (Å²) in [5, 5.41) is 12.3. The molecule has 1 aromatic rings. The molecule has 10 nitrogen and oxygen atoms in total. The predicted octanol–water partition coefficient (Wildman–Crippen LogP) is 3.69. The van der Waals surface area contributed by atoms with E-state index in [0.717, 1.165) is 0 Å². The molecular formula is C34H46BrN3O7. The highest BCUT2D eigenvalue weighted by Gasteiger charge is 2.77. The van der Waals surface area contributed by atoms with Crippen LogP contribution in [0.2, 0.25) is 0 Å². The van der Waals surface area contributed by atoms with Gasteiger partial charge in [-0.2, -0.15) is 0 Å². The van der Waals surface area contributed by atoms with Gasteiger partial charge >= 0.3 is 5.97 Å². The standard InChI is InChI=1S/C34H46BrN3O7/c1-6-8-16-25(40)36-21-24(22-14-10-9-11-15-22)44-32(43)26-27-30(41)37(18-12-13-19-39)29(34(27)20-23(35)28(26)45-34)31(42)38(17-7-2)33(3,4)5/h6-7,9-11,14-15,23-24,26-29,39H,1-2,8,12-13,16-21H2,3-5H3,(H,36,40)/t23?,24-,26-,27+,28-,29-,34+/m1/s1. The molecule has 3 aliphatic rings. The lowest BCUT2D eigenvalue weighted by Gasteiger charge is -2.42. The molecule has 0 aliphatic carbocycles. The molecule has 3 fully saturated rings. The summed E-state index contributed by atoms with van der Waals surface area (Å²) >= 11 is 3.71. The summed E-state index contributed by atoms with van der Waals surface area (Å²) in [7, 11) is 0. The third-order valence-corrected chi connectivity index (χ3v) is 9.82. The van der Waals surface area contributed by atoms with Crippen molar-refractivity contribution in [2.45, 2.75) is 87.1 Å². The van der Waals surface area contributed by atoms with E-state index in [2.05, 4.69) is 34.4 Å². The Labute approximate surface area is 274 Å². The van der Waals surface area contributed by atoms with Crippen LogP contribution in [0.1, 0.15) is 64.5 Å². The number of aliphatic hydroxyl groups is 1. The van der Waals surface area contributed by atoms with Crippen molar-refractivity contribution in [2.75, 3.05) is 26.2 Å². The number of aliphatic hydroxyl groups excluding tert-OH is 1. The van der Waals surface area contributed by atoms with Gasteiger partial charge in [0.15, 0.2) is 0 Å². The summed E-state index contributed by atoms with van der Waals surface area (Å²) in [5.41, 5.74) is -1.10. The number of hydrogen-bond donors (Lipinski definition) is 2. The number of fused-ring (bicyclic) bond motifs is 1. The van der Waals surface area contributed by atoms with Gasteiger partial charge in [0.1, 0.15) is 17.7 Å². The van der Waals surface area contributed by atoms with Gasteiger partial charge < -0.3 is 29.7 Å². The molecule has 246 valence electrons. The van der Waals surface area contributed by atoms with Gasteiger partial charge in [-0.3, -0.25) is 19.2 Å². The van der Waals surface area contributed by atoms with Gasteiger partial charge in [0.2, 0.25) is 17.7 Å². The number of hydrogen-bond acceptors (Lipinski definition) is 7. The maximum Gasteiger partial charge on any atom is 0.313 e. The molecule has 45 heavy (non-hydrogen) atoms. The Morgan fingerprint density at radius 1 is 1.22 bits per heavy atom. The molecule has 3 amide bonds.